The Morgan fingerprint density at radius 1 is 1.00 bits per heavy atom. The van der Waals surface area contributed by atoms with Gasteiger partial charge in [-0.2, -0.15) is 0 Å². The molecule has 0 heterocycles. The van der Waals surface area contributed by atoms with Gasteiger partial charge in [-0.1, -0.05) is 60.7 Å². The molecule has 2 rings (SSSR count). The second-order valence-corrected chi connectivity index (χ2v) is 5.32. The monoisotopic (exact) mass is 327 g/mol. The van der Waals surface area contributed by atoms with Crippen molar-refractivity contribution in [1.82, 2.24) is 5.32 Å². The molecule has 2 atom stereocenters. The molecule has 0 saturated carbocycles. The van der Waals surface area contributed by atoms with E-state index in [9.17, 15) is 9.59 Å². The summed E-state index contributed by atoms with van der Waals surface area (Å²) in [6.07, 6.45) is -0.958. The van der Waals surface area contributed by atoms with Crippen LogP contribution in [0.5, 0.6) is 0 Å². The second-order valence-electron chi connectivity index (χ2n) is 5.32. The Morgan fingerprint density at radius 3 is 2.04 bits per heavy atom. The zero-order valence-electron chi connectivity index (χ0n) is 13.5. The molecular formula is C19H21NO4. The first-order valence-electron chi connectivity index (χ1n) is 7.85. The lowest BCUT2D eigenvalue weighted by atomic mass is 10.0. The van der Waals surface area contributed by atoms with Crippen molar-refractivity contribution in [3.05, 3.63) is 71.8 Å². The molecule has 2 unspecified atom stereocenters. The fourth-order valence-corrected chi connectivity index (χ4v) is 2.48. The van der Waals surface area contributed by atoms with E-state index in [0.29, 0.717) is 6.61 Å². The fraction of sp³-hybridized carbons (Fsp3) is 0.263. The number of hydrogen-bond acceptors (Lipinski definition) is 3. The third-order valence-electron chi connectivity index (χ3n) is 3.57. The van der Waals surface area contributed by atoms with Crippen LogP contribution in [0, 0.1) is 0 Å². The smallest absolute Gasteiger partial charge is 0.305 e. The van der Waals surface area contributed by atoms with Crippen LogP contribution >= 0.6 is 0 Å². The summed E-state index contributed by atoms with van der Waals surface area (Å²) in [6.45, 7) is 2.19. The molecule has 24 heavy (non-hydrogen) atoms. The third-order valence-corrected chi connectivity index (χ3v) is 3.57. The van der Waals surface area contributed by atoms with Crippen molar-refractivity contribution in [2.75, 3.05) is 6.61 Å². The lowest BCUT2D eigenvalue weighted by molar-refractivity contribution is -0.138. The number of aliphatic carboxylic acids is 1. The molecule has 2 aromatic carbocycles. The van der Waals surface area contributed by atoms with Crippen LogP contribution in [0.15, 0.2) is 60.7 Å². The van der Waals surface area contributed by atoms with Crippen LogP contribution in [0.3, 0.4) is 0 Å². The molecule has 126 valence electrons. The zero-order chi connectivity index (χ0) is 17.4. The van der Waals surface area contributed by atoms with E-state index in [1.807, 2.05) is 55.5 Å². The summed E-state index contributed by atoms with van der Waals surface area (Å²) >= 11 is 0. The third kappa shape index (κ3) is 4.93. The van der Waals surface area contributed by atoms with Gasteiger partial charge in [-0.15, -0.1) is 0 Å². The summed E-state index contributed by atoms with van der Waals surface area (Å²) in [7, 11) is 0. The summed E-state index contributed by atoms with van der Waals surface area (Å²) in [5.74, 6) is -1.32. The number of carbonyl (C=O) groups excluding carboxylic acids is 1. The first-order valence-corrected chi connectivity index (χ1v) is 7.85. The normalized spacial score (nSPS) is 13.0. The van der Waals surface area contributed by atoms with Gasteiger partial charge >= 0.3 is 5.97 Å². The Bertz CT molecular complexity index is 658. The van der Waals surface area contributed by atoms with Gasteiger partial charge in [0.1, 0.15) is 0 Å². The Hall–Kier alpha value is -2.66. The highest BCUT2D eigenvalue weighted by Crippen LogP contribution is 2.22. The maximum absolute atomic E-state index is 12.7. The summed E-state index contributed by atoms with van der Waals surface area (Å²) in [5, 5.41) is 11.9. The maximum Gasteiger partial charge on any atom is 0.305 e. The minimum absolute atomic E-state index is 0.191. The van der Waals surface area contributed by atoms with Crippen molar-refractivity contribution in [2.24, 2.45) is 0 Å². The van der Waals surface area contributed by atoms with E-state index in [1.165, 1.54) is 0 Å². The van der Waals surface area contributed by atoms with Crippen LogP contribution in [-0.4, -0.2) is 23.6 Å². The van der Waals surface area contributed by atoms with Crippen LogP contribution < -0.4 is 5.32 Å². The predicted octanol–water partition coefficient (Wildman–Crippen LogP) is 3.10. The number of carbonyl (C=O) groups is 2. The molecule has 1 amide bonds. The molecule has 2 N–H and O–H groups in total. The quantitative estimate of drug-likeness (QED) is 0.781. The molecule has 0 spiro atoms. The number of hydrogen-bond donors (Lipinski definition) is 2. The van der Waals surface area contributed by atoms with Crippen molar-refractivity contribution in [2.45, 2.75) is 25.5 Å². The average molecular weight is 327 g/mol. The molecule has 0 aliphatic carbocycles. The number of rotatable bonds is 8. The Kier molecular flexibility index (Phi) is 6.51. The lowest BCUT2D eigenvalue weighted by Crippen LogP contribution is -2.35. The van der Waals surface area contributed by atoms with Gasteiger partial charge in [0.05, 0.1) is 12.5 Å². The highest BCUT2D eigenvalue weighted by atomic mass is 16.5. The van der Waals surface area contributed by atoms with Gasteiger partial charge < -0.3 is 15.2 Å². The van der Waals surface area contributed by atoms with Gasteiger partial charge in [0.25, 0.3) is 5.91 Å². The number of nitrogens with one attached hydrogen (secondary N) is 1. The number of ether oxygens (including phenoxy) is 1. The molecule has 0 aromatic heterocycles. The van der Waals surface area contributed by atoms with Crippen LogP contribution in [0.25, 0.3) is 0 Å². The number of carboxylic acids is 1. The van der Waals surface area contributed by atoms with Crippen LogP contribution in [0.4, 0.5) is 0 Å². The van der Waals surface area contributed by atoms with Crippen LogP contribution in [-0.2, 0) is 14.3 Å². The number of benzene rings is 2. The maximum atomic E-state index is 12.7. The van der Waals surface area contributed by atoms with Crippen molar-refractivity contribution >= 4 is 11.9 Å². The standard InChI is InChI=1S/C19H21NO4/c1-2-24-18(15-11-7-4-8-12-15)19(23)20-16(13-17(21)22)14-9-5-3-6-10-14/h3-12,16,18H,2,13H2,1H3,(H,20,23)(H,21,22). The predicted molar refractivity (Wildman–Crippen MR) is 90.4 cm³/mol. The number of amides is 1. The van der Waals surface area contributed by atoms with Crippen LogP contribution in [0.1, 0.15) is 36.6 Å². The summed E-state index contributed by atoms with van der Waals surface area (Å²) in [5.41, 5.74) is 1.48. The van der Waals surface area contributed by atoms with E-state index in [2.05, 4.69) is 5.32 Å². The zero-order valence-corrected chi connectivity index (χ0v) is 13.5. The molecular weight excluding hydrogens is 306 g/mol. The fourth-order valence-electron chi connectivity index (χ4n) is 2.48. The Morgan fingerprint density at radius 2 is 1.54 bits per heavy atom. The summed E-state index contributed by atoms with van der Waals surface area (Å²) in [6, 6.07) is 17.6. The summed E-state index contributed by atoms with van der Waals surface area (Å²) in [4.78, 5) is 23.8. The molecule has 0 fully saturated rings. The molecule has 0 radical (unpaired) electrons. The number of carboxylic acid groups (broad SMARTS) is 1. The first kappa shape index (κ1) is 17.7. The molecule has 0 aliphatic rings. The minimum Gasteiger partial charge on any atom is -0.481 e. The van der Waals surface area contributed by atoms with E-state index >= 15 is 0 Å². The SMILES string of the molecule is CCOC(C(=O)NC(CC(=O)O)c1ccccc1)c1ccccc1. The molecule has 0 saturated heterocycles. The molecule has 5 heteroatoms. The second kappa shape index (κ2) is 8.84. The Labute approximate surface area is 141 Å². The average Bonchev–Trinajstić information content (AvgIpc) is 2.60. The largest absolute Gasteiger partial charge is 0.481 e. The van der Waals surface area contributed by atoms with Crippen molar-refractivity contribution in [3.8, 4) is 0 Å². The highest BCUT2D eigenvalue weighted by Gasteiger charge is 2.25. The highest BCUT2D eigenvalue weighted by molar-refractivity contribution is 5.83. The van der Waals surface area contributed by atoms with Crippen molar-refractivity contribution in [1.29, 1.82) is 0 Å². The van der Waals surface area contributed by atoms with Crippen LogP contribution in [0.2, 0.25) is 0 Å². The van der Waals surface area contributed by atoms with E-state index in [4.69, 9.17) is 9.84 Å². The van der Waals surface area contributed by atoms with E-state index in [-0.39, 0.29) is 12.3 Å². The van der Waals surface area contributed by atoms with Crippen molar-refractivity contribution in [3.63, 3.8) is 0 Å². The molecule has 0 aliphatic heterocycles. The van der Waals surface area contributed by atoms with Crippen molar-refractivity contribution < 1.29 is 19.4 Å². The molecule has 0 bridgehead atoms. The van der Waals surface area contributed by atoms with E-state index < -0.39 is 18.1 Å². The van der Waals surface area contributed by atoms with E-state index in [0.717, 1.165) is 11.1 Å². The topological polar surface area (TPSA) is 75.6 Å². The summed E-state index contributed by atoms with van der Waals surface area (Å²) < 4.78 is 5.57. The first-order chi connectivity index (χ1) is 11.6. The van der Waals surface area contributed by atoms with Gasteiger partial charge in [-0.05, 0) is 18.1 Å². The lowest BCUT2D eigenvalue weighted by Gasteiger charge is -2.22. The van der Waals surface area contributed by atoms with Gasteiger partial charge in [0.15, 0.2) is 6.10 Å². The molecule has 5 nitrogen and oxygen atoms in total. The van der Waals surface area contributed by atoms with Gasteiger partial charge in [-0.25, -0.2) is 0 Å². The van der Waals surface area contributed by atoms with E-state index in [1.54, 1.807) is 12.1 Å². The minimum atomic E-state index is -0.975. The molecule has 2 aromatic rings. The Balaban J connectivity index is 2.20. The van der Waals surface area contributed by atoms with Gasteiger partial charge in [0.2, 0.25) is 0 Å². The van der Waals surface area contributed by atoms with Gasteiger partial charge in [0, 0.05) is 6.61 Å². The van der Waals surface area contributed by atoms with Gasteiger partial charge in [-0.3, -0.25) is 9.59 Å².